The Labute approximate surface area is 84.4 Å². The Morgan fingerprint density at radius 1 is 1.36 bits per heavy atom. The molecule has 78 valence electrons. The molecule has 14 heavy (non-hydrogen) atoms. The Bertz CT molecular complexity index is 401. The first kappa shape index (κ1) is 11.0. The second-order valence-electron chi connectivity index (χ2n) is 2.77. The fraction of sp³-hybridized carbons (Fsp3) is 0.333. The van der Waals surface area contributed by atoms with Gasteiger partial charge in [-0.05, 0) is 32.2 Å². The third-order valence-corrected chi connectivity index (χ3v) is 3.21. The Balaban J connectivity index is 3.06. The Morgan fingerprint density at radius 2 is 2.07 bits per heavy atom. The molecule has 0 bridgehead atoms. The van der Waals surface area contributed by atoms with E-state index in [-0.39, 0.29) is 4.90 Å². The van der Waals surface area contributed by atoms with Crippen LogP contribution in [-0.2, 0) is 10.0 Å². The maximum atomic E-state index is 11.4. The van der Waals surface area contributed by atoms with Gasteiger partial charge < -0.3 is 5.32 Å². The van der Waals surface area contributed by atoms with E-state index in [1.54, 1.807) is 18.2 Å². The van der Waals surface area contributed by atoms with Crippen LogP contribution in [0, 0.1) is 0 Å². The summed E-state index contributed by atoms with van der Waals surface area (Å²) in [7, 11) is -1.93. The average Bonchev–Trinajstić information content (AvgIpc) is 2.19. The summed E-state index contributed by atoms with van der Waals surface area (Å²) in [6, 6.07) is 6.71. The molecule has 0 aromatic heterocycles. The second-order valence-corrected chi connectivity index (χ2v) is 4.65. The molecule has 0 amide bonds. The molecule has 2 N–H and O–H groups in total. The van der Waals surface area contributed by atoms with Crippen LogP contribution in [0.25, 0.3) is 0 Å². The van der Waals surface area contributed by atoms with Gasteiger partial charge in [0.25, 0.3) is 0 Å². The van der Waals surface area contributed by atoms with Crippen LogP contribution in [0.3, 0.4) is 0 Å². The summed E-state index contributed by atoms with van der Waals surface area (Å²) in [5.41, 5.74) is 0.809. The molecule has 0 radical (unpaired) electrons. The van der Waals surface area contributed by atoms with Crippen molar-refractivity contribution >= 4 is 15.7 Å². The van der Waals surface area contributed by atoms with Crippen LogP contribution in [0.15, 0.2) is 29.2 Å². The molecule has 0 fully saturated rings. The first-order valence-electron chi connectivity index (χ1n) is 4.37. The van der Waals surface area contributed by atoms with Crippen LogP contribution in [0.2, 0.25) is 0 Å². The first-order valence-corrected chi connectivity index (χ1v) is 5.86. The zero-order valence-electron chi connectivity index (χ0n) is 8.24. The van der Waals surface area contributed by atoms with Gasteiger partial charge in [-0.25, -0.2) is 13.1 Å². The lowest BCUT2D eigenvalue weighted by Crippen LogP contribution is -2.18. The van der Waals surface area contributed by atoms with Crippen molar-refractivity contribution < 1.29 is 8.42 Å². The number of sulfonamides is 1. The summed E-state index contributed by atoms with van der Waals surface area (Å²) in [6.07, 6.45) is 0. The minimum atomic E-state index is -3.33. The highest BCUT2D eigenvalue weighted by Crippen LogP contribution is 2.14. The molecule has 0 heterocycles. The quantitative estimate of drug-likeness (QED) is 0.787. The van der Waals surface area contributed by atoms with Gasteiger partial charge in [-0.3, -0.25) is 0 Å². The molecular weight excluding hydrogens is 200 g/mol. The van der Waals surface area contributed by atoms with Crippen LogP contribution in [0.5, 0.6) is 0 Å². The predicted octanol–water partition coefficient (Wildman–Crippen LogP) is 1.03. The maximum absolute atomic E-state index is 11.4. The Morgan fingerprint density at radius 3 is 2.64 bits per heavy atom. The van der Waals surface area contributed by atoms with Gasteiger partial charge in [0, 0.05) is 12.2 Å². The van der Waals surface area contributed by atoms with Gasteiger partial charge in [0.1, 0.15) is 0 Å². The lowest BCUT2D eigenvalue weighted by Gasteiger charge is -2.06. The monoisotopic (exact) mass is 214 g/mol. The van der Waals surface area contributed by atoms with Crippen LogP contribution in [-0.4, -0.2) is 22.0 Å². The Kier molecular flexibility index (Phi) is 3.49. The molecule has 1 rings (SSSR count). The summed E-state index contributed by atoms with van der Waals surface area (Å²) in [5, 5.41) is 3.05. The molecular formula is C9H14N2O2S. The topological polar surface area (TPSA) is 58.2 Å². The Hall–Kier alpha value is -1.07. The molecule has 0 unspecified atom stereocenters. The molecule has 5 heteroatoms. The second kappa shape index (κ2) is 4.43. The van der Waals surface area contributed by atoms with Crippen molar-refractivity contribution in [2.24, 2.45) is 0 Å². The van der Waals surface area contributed by atoms with E-state index in [1.807, 2.05) is 13.0 Å². The SMILES string of the molecule is CCNc1cccc(S(=O)(=O)NC)c1. The normalized spacial score (nSPS) is 11.3. The molecule has 0 saturated carbocycles. The molecule has 0 spiro atoms. The average molecular weight is 214 g/mol. The number of anilines is 1. The number of hydrogen-bond acceptors (Lipinski definition) is 3. The highest BCUT2D eigenvalue weighted by molar-refractivity contribution is 7.89. The third-order valence-electron chi connectivity index (χ3n) is 1.79. The maximum Gasteiger partial charge on any atom is 0.240 e. The van der Waals surface area contributed by atoms with Gasteiger partial charge in [0.15, 0.2) is 0 Å². The molecule has 0 aliphatic carbocycles. The molecule has 0 aliphatic heterocycles. The van der Waals surface area contributed by atoms with Crippen LogP contribution in [0.1, 0.15) is 6.92 Å². The van der Waals surface area contributed by atoms with Crippen LogP contribution in [0.4, 0.5) is 5.69 Å². The standard InChI is InChI=1S/C9H14N2O2S/c1-3-11-8-5-4-6-9(7-8)14(12,13)10-2/h4-7,10-11H,3H2,1-2H3. The van der Waals surface area contributed by atoms with Crippen LogP contribution < -0.4 is 10.0 Å². The first-order chi connectivity index (χ1) is 6.60. The minimum Gasteiger partial charge on any atom is -0.385 e. The van der Waals surface area contributed by atoms with Crippen molar-refractivity contribution in [1.82, 2.24) is 4.72 Å². The van der Waals surface area contributed by atoms with Crippen LogP contribution >= 0.6 is 0 Å². The summed E-state index contributed by atoms with van der Waals surface area (Å²) < 4.78 is 25.1. The van der Waals surface area contributed by atoms with E-state index in [2.05, 4.69) is 10.0 Å². The van der Waals surface area contributed by atoms with Gasteiger partial charge in [-0.15, -0.1) is 0 Å². The number of rotatable bonds is 4. The zero-order valence-corrected chi connectivity index (χ0v) is 9.06. The van der Waals surface area contributed by atoms with E-state index in [1.165, 1.54) is 7.05 Å². The minimum absolute atomic E-state index is 0.276. The van der Waals surface area contributed by atoms with Gasteiger partial charge in [0.2, 0.25) is 10.0 Å². The highest BCUT2D eigenvalue weighted by Gasteiger charge is 2.10. The summed E-state index contributed by atoms with van der Waals surface area (Å²) >= 11 is 0. The van der Waals surface area contributed by atoms with E-state index in [4.69, 9.17) is 0 Å². The largest absolute Gasteiger partial charge is 0.385 e. The summed E-state index contributed by atoms with van der Waals surface area (Å²) in [6.45, 7) is 2.72. The molecule has 0 saturated heterocycles. The van der Waals surface area contributed by atoms with Crippen molar-refractivity contribution in [3.63, 3.8) is 0 Å². The van der Waals surface area contributed by atoms with Crippen molar-refractivity contribution in [3.05, 3.63) is 24.3 Å². The molecule has 1 aromatic rings. The number of benzene rings is 1. The molecule has 4 nitrogen and oxygen atoms in total. The fourth-order valence-electron chi connectivity index (χ4n) is 1.10. The van der Waals surface area contributed by atoms with Gasteiger partial charge in [0.05, 0.1) is 4.90 Å². The van der Waals surface area contributed by atoms with Crippen molar-refractivity contribution in [2.45, 2.75) is 11.8 Å². The molecule has 0 atom stereocenters. The number of hydrogen-bond donors (Lipinski definition) is 2. The fourth-order valence-corrected chi connectivity index (χ4v) is 1.87. The van der Waals surface area contributed by atoms with Crippen molar-refractivity contribution in [1.29, 1.82) is 0 Å². The van der Waals surface area contributed by atoms with Gasteiger partial charge in [-0.2, -0.15) is 0 Å². The molecule has 1 aromatic carbocycles. The van der Waals surface area contributed by atoms with E-state index < -0.39 is 10.0 Å². The van der Waals surface area contributed by atoms with Crippen molar-refractivity contribution in [2.75, 3.05) is 18.9 Å². The predicted molar refractivity (Wildman–Crippen MR) is 56.9 cm³/mol. The lowest BCUT2D eigenvalue weighted by molar-refractivity contribution is 0.588. The highest BCUT2D eigenvalue weighted by atomic mass is 32.2. The third kappa shape index (κ3) is 2.46. The smallest absolute Gasteiger partial charge is 0.240 e. The van der Waals surface area contributed by atoms with Gasteiger partial charge in [-0.1, -0.05) is 6.07 Å². The van der Waals surface area contributed by atoms with E-state index in [0.29, 0.717) is 0 Å². The zero-order chi connectivity index (χ0) is 10.6. The summed E-state index contributed by atoms with van der Waals surface area (Å²) in [5.74, 6) is 0. The van der Waals surface area contributed by atoms with Crippen molar-refractivity contribution in [3.8, 4) is 0 Å². The van der Waals surface area contributed by atoms with Gasteiger partial charge >= 0.3 is 0 Å². The molecule has 0 aliphatic rings. The lowest BCUT2D eigenvalue weighted by atomic mass is 10.3. The van der Waals surface area contributed by atoms with E-state index in [0.717, 1.165) is 12.2 Å². The van der Waals surface area contributed by atoms with E-state index in [9.17, 15) is 8.42 Å². The summed E-state index contributed by atoms with van der Waals surface area (Å²) in [4.78, 5) is 0.276. The number of nitrogens with one attached hydrogen (secondary N) is 2. The van der Waals surface area contributed by atoms with E-state index >= 15 is 0 Å².